The minimum atomic E-state index is -0.148. The maximum Gasteiger partial charge on any atom is 0.256 e. The number of pyridine rings is 1. The summed E-state index contributed by atoms with van der Waals surface area (Å²) in [6.07, 6.45) is 2.78. The van der Waals surface area contributed by atoms with Crippen molar-refractivity contribution in [2.45, 2.75) is 26.2 Å². The van der Waals surface area contributed by atoms with Crippen LogP contribution in [0.25, 0.3) is 10.9 Å². The third kappa shape index (κ3) is 3.01. The highest BCUT2D eigenvalue weighted by Gasteiger charge is 2.24. The average molecular weight is 367 g/mol. The summed E-state index contributed by atoms with van der Waals surface area (Å²) >= 11 is 6.19. The lowest BCUT2D eigenvalue weighted by Gasteiger charge is -2.15. The van der Waals surface area contributed by atoms with Crippen LogP contribution in [0.15, 0.2) is 42.5 Å². The predicted octanol–water partition coefficient (Wildman–Crippen LogP) is 5.03. The van der Waals surface area contributed by atoms with Crippen molar-refractivity contribution in [3.63, 3.8) is 0 Å². The van der Waals surface area contributed by atoms with E-state index in [1.165, 1.54) is 0 Å². The molecule has 0 spiro atoms. The van der Waals surface area contributed by atoms with E-state index in [1.54, 1.807) is 0 Å². The number of hydrogen-bond donors (Lipinski definition) is 1. The number of rotatable bonds is 4. The number of benzene rings is 2. The normalized spacial score (nSPS) is 12.8. The number of hydrogen-bond acceptors (Lipinski definition) is 3. The van der Waals surface area contributed by atoms with E-state index in [-0.39, 0.29) is 5.91 Å². The van der Waals surface area contributed by atoms with Gasteiger partial charge in [0.25, 0.3) is 5.91 Å². The number of anilines is 1. The van der Waals surface area contributed by atoms with Crippen LogP contribution in [0.2, 0.25) is 5.02 Å². The van der Waals surface area contributed by atoms with Gasteiger partial charge in [-0.1, -0.05) is 23.7 Å². The SMILES string of the molecule is CCOc1ccccc1NC(=O)c1c2c(nc3ccc(Cl)cc13)CCC2. The van der Waals surface area contributed by atoms with Crippen LogP contribution in [0.4, 0.5) is 5.69 Å². The molecule has 0 radical (unpaired) electrons. The van der Waals surface area contributed by atoms with Crippen molar-refractivity contribution in [2.75, 3.05) is 11.9 Å². The van der Waals surface area contributed by atoms with Gasteiger partial charge in [-0.2, -0.15) is 0 Å². The summed E-state index contributed by atoms with van der Waals surface area (Å²) in [5.41, 5.74) is 4.20. The number of fused-ring (bicyclic) bond motifs is 2. The Hall–Kier alpha value is -2.59. The largest absolute Gasteiger partial charge is 0.492 e. The molecule has 0 unspecified atom stereocenters. The predicted molar refractivity (Wildman–Crippen MR) is 104 cm³/mol. The standard InChI is InChI=1S/C21H19ClN2O2/c1-2-26-19-9-4-3-7-18(19)24-21(25)20-14-6-5-8-16(14)23-17-11-10-13(22)12-15(17)20/h3-4,7,9-12H,2,5-6,8H2,1H3,(H,24,25). The van der Waals surface area contributed by atoms with Crippen molar-refractivity contribution in [3.05, 3.63) is 64.3 Å². The Labute approximate surface area is 157 Å². The lowest BCUT2D eigenvalue weighted by molar-refractivity contribution is 0.102. The van der Waals surface area contributed by atoms with E-state index in [9.17, 15) is 4.79 Å². The van der Waals surface area contributed by atoms with Crippen molar-refractivity contribution >= 4 is 34.1 Å². The quantitative estimate of drug-likeness (QED) is 0.704. The van der Waals surface area contributed by atoms with Crippen LogP contribution in [-0.2, 0) is 12.8 Å². The second-order valence-electron chi connectivity index (χ2n) is 6.31. The fourth-order valence-corrected chi connectivity index (χ4v) is 3.70. The fraction of sp³-hybridized carbons (Fsp3) is 0.238. The van der Waals surface area contributed by atoms with Crippen molar-refractivity contribution in [2.24, 2.45) is 0 Å². The minimum Gasteiger partial charge on any atom is -0.492 e. The van der Waals surface area contributed by atoms with E-state index < -0.39 is 0 Å². The molecule has 2 aromatic carbocycles. The van der Waals surface area contributed by atoms with Crippen molar-refractivity contribution in [1.82, 2.24) is 4.98 Å². The number of carbonyl (C=O) groups is 1. The zero-order valence-electron chi connectivity index (χ0n) is 14.5. The van der Waals surface area contributed by atoms with E-state index in [4.69, 9.17) is 21.3 Å². The molecule has 0 saturated heterocycles. The van der Waals surface area contributed by atoms with Crippen molar-refractivity contribution in [3.8, 4) is 5.75 Å². The van der Waals surface area contributed by atoms with E-state index in [1.807, 2.05) is 49.4 Å². The smallest absolute Gasteiger partial charge is 0.256 e. The number of ether oxygens (including phenoxy) is 1. The van der Waals surface area contributed by atoms with Gasteiger partial charge in [0, 0.05) is 16.1 Å². The number of aryl methyl sites for hydroxylation is 1. The van der Waals surface area contributed by atoms with Crippen LogP contribution in [0.5, 0.6) is 5.75 Å². The zero-order chi connectivity index (χ0) is 18.1. The first-order valence-electron chi connectivity index (χ1n) is 8.81. The summed E-state index contributed by atoms with van der Waals surface area (Å²) in [6, 6.07) is 13.0. The Kier molecular flexibility index (Phi) is 4.51. The van der Waals surface area contributed by atoms with E-state index in [0.717, 1.165) is 41.4 Å². The summed E-state index contributed by atoms with van der Waals surface area (Å²) in [6.45, 7) is 2.46. The van der Waals surface area contributed by atoms with Gasteiger partial charge in [-0.05, 0) is 62.1 Å². The van der Waals surface area contributed by atoms with Gasteiger partial charge in [-0.25, -0.2) is 0 Å². The van der Waals surface area contributed by atoms with Gasteiger partial charge < -0.3 is 10.1 Å². The summed E-state index contributed by atoms with van der Waals surface area (Å²) in [5.74, 6) is 0.515. The summed E-state index contributed by atoms with van der Waals surface area (Å²) < 4.78 is 5.62. The number of nitrogens with one attached hydrogen (secondary N) is 1. The van der Waals surface area contributed by atoms with E-state index in [2.05, 4.69) is 5.32 Å². The molecule has 0 saturated carbocycles. The van der Waals surface area contributed by atoms with Crippen LogP contribution in [0.1, 0.15) is 35.0 Å². The molecule has 1 amide bonds. The minimum absolute atomic E-state index is 0.148. The number of amides is 1. The topological polar surface area (TPSA) is 51.2 Å². The molecule has 4 nitrogen and oxygen atoms in total. The van der Waals surface area contributed by atoms with E-state index >= 15 is 0 Å². The first-order valence-corrected chi connectivity index (χ1v) is 9.19. The zero-order valence-corrected chi connectivity index (χ0v) is 15.3. The lowest BCUT2D eigenvalue weighted by Crippen LogP contribution is -2.16. The van der Waals surface area contributed by atoms with Gasteiger partial charge in [0.2, 0.25) is 0 Å². The summed E-state index contributed by atoms with van der Waals surface area (Å²) in [4.78, 5) is 17.9. The first-order chi connectivity index (χ1) is 12.7. The molecule has 26 heavy (non-hydrogen) atoms. The van der Waals surface area contributed by atoms with Crippen molar-refractivity contribution in [1.29, 1.82) is 0 Å². The maximum absolute atomic E-state index is 13.2. The summed E-state index contributed by atoms with van der Waals surface area (Å²) in [7, 11) is 0. The van der Waals surface area contributed by atoms with Gasteiger partial charge in [0.05, 0.1) is 23.4 Å². The van der Waals surface area contributed by atoms with Gasteiger partial charge >= 0.3 is 0 Å². The average Bonchev–Trinajstić information content (AvgIpc) is 3.09. The first kappa shape index (κ1) is 16.9. The Morgan fingerprint density at radius 1 is 1.23 bits per heavy atom. The summed E-state index contributed by atoms with van der Waals surface area (Å²) in [5, 5.41) is 4.41. The molecule has 1 aliphatic carbocycles. The molecule has 0 atom stereocenters. The van der Waals surface area contributed by atoms with Gasteiger partial charge in [0.15, 0.2) is 0 Å². The molecular weight excluding hydrogens is 348 g/mol. The van der Waals surface area contributed by atoms with Crippen LogP contribution in [-0.4, -0.2) is 17.5 Å². The molecule has 0 fully saturated rings. The van der Waals surface area contributed by atoms with Gasteiger partial charge in [-0.3, -0.25) is 9.78 Å². The Morgan fingerprint density at radius 3 is 2.92 bits per heavy atom. The molecule has 5 heteroatoms. The Balaban J connectivity index is 1.81. The molecule has 1 heterocycles. The molecule has 0 bridgehead atoms. The van der Waals surface area contributed by atoms with E-state index in [0.29, 0.717) is 28.6 Å². The number of aromatic nitrogens is 1. The maximum atomic E-state index is 13.2. The third-order valence-corrected chi connectivity index (χ3v) is 4.87. The molecule has 1 aliphatic rings. The van der Waals surface area contributed by atoms with Crippen LogP contribution in [0.3, 0.4) is 0 Å². The van der Waals surface area contributed by atoms with Crippen LogP contribution in [0, 0.1) is 0 Å². The van der Waals surface area contributed by atoms with Crippen molar-refractivity contribution < 1.29 is 9.53 Å². The van der Waals surface area contributed by atoms with Gasteiger partial charge in [-0.15, -0.1) is 0 Å². The highest BCUT2D eigenvalue weighted by molar-refractivity contribution is 6.31. The highest BCUT2D eigenvalue weighted by Crippen LogP contribution is 2.33. The van der Waals surface area contributed by atoms with Crippen LogP contribution < -0.4 is 10.1 Å². The molecule has 3 aromatic rings. The third-order valence-electron chi connectivity index (χ3n) is 4.64. The molecule has 1 aromatic heterocycles. The number of halogens is 1. The molecule has 1 N–H and O–H groups in total. The number of para-hydroxylation sites is 2. The second kappa shape index (κ2) is 6.96. The molecular formula is C21H19ClN2O2. The number of carbonyl (C=O) groups excluding carboxylic acids is 1. The monoisotopic (exact) mass is 366 g/mol. The molecule has 0 aliphatic heterocycles. The number of nitrogens with zero attached hydrogens (tertiary/aromatic N) is 1. The highest BCUT2D eigenvalue weighted by atomic mass is 35.5. The van der Waals surface area contributed by atoms with Crippen LogP contribution >= 0.6 is 11.6 Å². The Bertz CT molecular complexity index is 1000. The second-order valence-corrected chi connectivity index (χ2v) is 6.75. The molecule has 132 valence electrons. The Morgan fingerprint density at radius 2 is 2.08 bits per heavy atom. The lowest BCUT2D eigenvalue weighted by atomic mass is 10.0. The molecule has 4 rings (SSSR count). The van der Waals surface area contributed by atoms with Gasteiger partial charge in [0.1, 0.15) is 5.75 Å². The fourth-order valence-electron chi connectivity index (χ4n) is 3.53.